The average molecular weight is 526 g/mol. The van der Waals surface area contributed by atoms with Gasteiger partial charge < -0.3 is 15.3 Å². The van der Waals surface area contributed by atoms with Crippen molar-refractivity contribution in [2.45, 2.75) is 18.5 Å². The number of sulfonamides is 1. The van der Waals surface area contributed by atoms with Gasteiger partial charge in [-0.1, -0.05) is 0 Å². The molecule has 0 aromatic heterocycles. The highest BCUT2D eigenvalue weighted by molar-refractivity contribution is 7.88. The number of hydrogen-bond donors (Lipinski definition) is 2. The molecule has 2 amide bonds. The molecule has 2 heterocycles. The zero-order chi connectivity index (χ0) is 26.7. The van der Waals surface area contributed by atoms with E-state index in [1.165, 1.54) is 39.7 Å². The van der Waals surface area contributed by atoms with Crippen molar-refractivity contribution in [2.75, 3.05) is 44.3 Å². The molecule has 4 rings (SSSR count). The minimum absolute atomic E-state index is 0.0878. The van der Waals surface area contributed by atoms with E-state index in [0.717, 1.165) is 0 Å². The fraction of sp³-hybridized carbons (Fsp3) is 0.360. The van der Waals surface area contributed by atoms with Gasteiger partial charge in [0.2, 0.25) is 15.9 Å². The van der Waals surface area contributed by atoms with E-state index in [9.17, 15) is 22.8 Å². The molecule has 2 aliphatic rings. The van der Waals surface area contributed by atoms with Crippen LogP contribution in [0.3, 0.4) is 0 Å². The van der Waals surface area contributed by atoms with E-state index in [1.807, 2.05) is 6.07 Å². The average Bonchev–Trinajstić information content (AvgIpc) is 3.34. The second kappa shape index (κ2) is 10.7. The number of hydrogen-bond acceptors (Lipinski definition) is 7. The number of benzene rings is 2. The maximum atomic E-state index is 13.4. The van der Waals surface area contributed by atoms with E-state index < -0.39 is 27.9 Å². The first-order chi connectivity index (χ1) is 17.6. The maximum absolute atomic E-state index is 13.4. The molecule has 194 valence electrons. The molecule has 37 heavy (non-hydrogen) atoms. The van der Waals surface area contributed by atoms with Crippen LogP contribution in [0.5, 0.6) is 0 Å². The molecular formula is C25H27N5O6S. The summed E-state index contributed by atoms with van der Waals surface area (Å²) in [6.07, 6.45) is 1.54. The summed E-state index contributed by atoms with van der Waals surface area (Å²) in [7, 11) is -3.29. The number of nitriles is 1. The van der Waals surface area contributed by atoms with Gasteiger partial charge in [-0.05, 0) is 55.0 Å². The summed E-state index contributed by atoms with van der Waals surface area (Å²) in [6.45, 7) is 1.94. The molecule has 2 fully saturated rings. The smallest absolute Gasteiger partial charge is 0.335 e. The normalized spacial score (nSPS) is 20.8. The van der Waals surface area contributed by atoms with Gasteiger partial charge in [-0.3, -0.25) is 14.5 Å². The van der Waals surface area contributed by atoms with Crippen LogP contribution in [0.4, 0.5) is 5.69 Å². The number of likely N-dealkylation sites (tertiary alicyclic amines) is 1. The first-order valence-electron chi connectivity index (χ1n) is 11.7. The number of nitrogens with one attached hydrogen (secondary N) is 1. The molecule has 0 aliphatic carbocycles. The first kappa shape index (κ1) is 26.3. The van der Waals surface area contributed by atoms with Crippen LogP contribution in [0.15, 0.2) is 48.5 Å². The Bertz CT molecular complexity index is 1330. The molecule has 2 atom stereocenters. The highest BCUT2D eigenvalue weighted by Crippen LogP contribution is 2.27. The van der Waals surface area contributed by atoms with Gasteiger partial charge in [-0.15, -0.1) is 0 Å². The third-order valence-corrected chi connectivity index (χ3v) is 8.06. The third-order valence-electron chi connectivity index (χ3n) is 6.76. The zero-order valence-electron chi connectivity index (χ0n) is 20.2. The zero-order valence-corrected chi connectivity index (χ0v) is 21.0. The topological polar surface area (TPSA) is 151 Å². The van der Waals surface area contributed by atoms with Crippen molar-refractivity contribution in [1.29, 1.82) is 5.26 Å². The summed E-state index contributed by atoms with van der Waals surface area (Å²) in [5, 5.41) is 20.9. The van der Waals surface area contributed by atoms with Crippen molar-refractivity contribution in [3.8, 4) is 6.07 Å². The molecule has 0 unspecified atom stereocenters. The summed E-state index contributed by atoms with van der Waals surface area (Å²) < 4.78 is 25.2. The van der Waals surface area contributed by atoms with Gasteiger partial charge in [0.05, 0.1) is 23.5 Å². The number of carbonyl (C=O) groups is 3. The van der Waals surface area contributed by atoms with Gasteiger partial charge in [0.1, 0.15) is 6.04 Å². The lowest BCUT2D eigenvalue weighted by atomic mass is 10.1. The number of carboxylic acid groups (broad SMARTS) is 1. The van der Waals surface area contributed by atoms with Crippen molar-refractivity contribution in [3.05, 3.63) is 65.2 Å². The Kier molecular flexibility index (Phi) is 7.58. The molecular weight excluding hydrogens is 498 g/mol. The van der Waals surface area contributed by atoms with E-state index >= 15 is 0 Å². The summed E-state index contributed by atoms with van der Waals surface area (Å²) in [5.41, 5.74) is 1.26. The molecule has 2 N–H and O–H groups in total. The predicted octanol–water partition coefficient (Wildman–Crippen LogP) is 1.06. The Balaban J connectivity index is 1.53. The highest BCUT2D eigenvalue weighted by atomic mass is 32.2. The quantitative estimate of drug-likeness (QED) is 0.568. The van der Waals surface area contributed by atoms with Crippen molar-refractivity contribution < 1.29 is 27.9 Å². The predicted molar refractivity (Wildman–Crippen MR) is 134 cm³/mol. The second-order valence-corrected chi connectivity index (χ2v) is 11.1. The lowest BCUT2D eigenvalue weighted by molar-refractivity contribution is -0.119. The fourth-order valence-corrected chi connectivity index (χ4v) is 5.55. The number of nitrogens with zero attached hydrogens (tertiary/aromatic N) is 4. The molecule has 2 aromatic rings. The molecule has 0 saturated carbocycles. The number of amides is 2. The van der Waals surface area contributed by atoms with E-state index in [-0.39, 0.29) is 24.1 Å². The number of carboxylic acids is 1. The Hall–Kier alpha value is -3.79. The monoisotopic (exact) mass is 525 g/mol. The second-order valence-electron chi connectivity index (χ2n) is 9.12. The van der Waals surface area contributed by atoms with E-state index in [4.69, 9.17) is 10.4 Å². The maximum Gasteiger partial charge on any atom is 0.335 e. The van der Waals surface area contributed by atoms with Crippen LogP contribution in [0.25, 0.3) is 0 Å². The molecule has 2 aliphatic heterocycles. The third kappa shape index (κ3) is 5.96. The molecule has 0 bridgehead atoms. The lowest BCUT2D eigenvalue weighted by Gasteiger charge is -2.36. The lowest BCUT2D eigenvalue weighted by Crippen LogP contribution is -2.52. The van der Waals surface area contributed by atoms with Gasteiger partial charge in [0, 0.05) is 50.0 Å². The van der Waals surface area contributed by atoms with Crippen LogP contribution in [0.1, 0.15) is 32.7 Å². The SMILES string of the molecule is CS(=O)(=O)N1CCN([C@H]2C[C@@H](C(=O)Nc3ccc(C(=O)O)cc3)N(C(=O)c3ccc(C#N)cc3)C2)CC1. The van der Waals surface area contributed by atoms with Crippen LogP contribution in [0.2, 0.25) is 0 Å². The minimum Gasteiger partial charge on any atom is -0.478 e. The number of anilines is 1. The van der Waals surface area contributed by atoms with Crippen LogP contribution in [0, 0.1) is 11.3 Å². The number of piperazine rings is 1. The van der Waals surface area contributed by atoms with Crippen LogP contribution in [-0.2, 0) is 14.8 Å². The van der Waals surface area contributed by atoms with Gasteiger partial charge in [0.25, 0.3) is 5.91 Å². The first-order valence-corrected chi connectivity index (χ1v) is 13.6. The molecule has 2 saturated heterocycles. The molecule has 0 radical (unpaired) electrons. The summed E-state index contributed by atoms with van der Waals surface area (Å²) in [4.78, 5) is 41.5. The van der Waals surface area contributed by atoms with Gasteiger partial charge in [0.15, 0.2) is 0 Å². The summed E-state index contributed by atoms with van der Waals surface area (Å²) in [5.74, 6) is -1.82. The highest BCUT2D eigenvalue weighted by Gasteiger charge is 2.43. The fourth-order valence-electron chi connectivity index (χ4n) is 4.73. The van der Waals surface area contributed by atoms with Gasteiger partial charge in [-0.25, -0.2) is 13.2 Å². The Morgan fingerprint density at radius 3 is 2.11 bits per heavy atom. The van der Waals surface area contributed by atoms with Gasteiger partial charge >= 0.3 is 5.97 Å². The number of aromatic carboxylic acids is 1. The number of carbonyl (C=O) groups excluding carboxylic acids is 2. The summed E-state index contributed by atoms with van der Waals surface area (Å²) >= 11 is 0. The summed E-state index contributed by atoms with van der Waals surface area (Å²) in [6, 6.07) is 13.0. The van der Waals surface area contributed by atoms with E-state index in [2.05, 4.69) is 10.2 Å². The van der Waals surface area contributed by atoms with Crippen LogP contribution < -0.4 is 5.32 Å². The van der Waals surface area contributed by atoms with Crippen molar-refractivity contribution in [3.63, 3.8) is 0 Å². The van der Waals surface area contributed by atoms with Crippen LogP contribution >= 0.6 is 0 Å². The van der Waals surface area contributed by atoms with E-state index in [0.29, 0.717) is 49.4 Å². The van der Waals surface area contributed by atoms with Crippen LogP contribution in [-0.4, -0.2) is 96.5 Å². The molecule has 0 spiro atoms. The van der Waals surface area contributed by atoms with Gasteiger partial charge in [-0.2, -0.15) is 9.57 Å². The standard InChI is InChI=1S/C25H27N5O6S/c1-37(35,36)29-12-10-28(11-13-29)21-14-22(23(31)27-20-8-6-19(7-9-20)25(33)34)30(16-21)24(32)18-4-2-17(15-26)3-5-18/h2-9,21-22H,10-14,16H2,1H3,(H,27,31)(H,33,34)/t21-,22-/m0/s1. The van der Waals surface area contributed by atoms with Crippen molar-refractivity contribution in [1.82, 2.24) is 14.1 Å². The Morgan fingerprint density at radius 1 is 0.973 bits per heavy atom. The van der Waals surface area contributed by atoms with Crippen molar-refractivity contribution >= 4 is 33.5 Å². The van der Waals surface area contributed by atoms with Crippen molar-refractivity contribution in [2.24, 2.45) is 0 Å². The largest absolute Gasteiger partial charge is 0.478 e. The molecule has 12 heteroatoms. The Labute approximate surface area is 214 Å². The van der Waals surface area contributed by atoms with E-state index in [1.54, 1.807) is 24.3 Å². The molecule has 11 nitrogen and oxygen atoms in total. The number of rotatable bonds is 6. The minimum atomic E-state index is -3.29. The molecule has 2 aromatic carbocycles. The Morgan fingerprint density at radius 2 is 1.57 bits per heavy atom.